The van der Waals surface area contributed by atoms with Crippen LogP contribution in [0.3, 0.4) is 0 Å². The molecular formula is C15H30ClN3O3S. The second kappa shape index (κ2) is 9.81. The molecule has 2 rings (SSSR count). The van der Waals surface area contributed by atoms with Crippen LogP contribution >= 0.6 is 12.4 Å². The first-order valence-corrected chi connectivity index (χ1v) is 10.3. The Bertz CT molecular complexity index is 467. The molecule has 2 atom stereocenters. The second-order valence-corrected chi connectivity index (χ2v) is 8.50. The molecule has 2 unspecified atom stereocenters. The van der Waals surface area contributed by atoms with Crippen molar-refractivity contribution in [2.45, 2.75) is 51.0 Å². The summed E-state index contributed by atoms with van der Waals surface area (Å²) in [5.74, 6) is 0.985. The molecule has 1 amide bonds. The highest BCUT2D eigenvalue weighted by Crippen LogP contribution is 2.25. The Morgan fingerprint density at radius 3 is 2.52 bits per heavy atom. The minimum atomic E-state index is -3.17. The molecule has 0 aromatic carbocycles. The van der Waals surface area contributed by atoms with Crippen LogP contribution in [-0.4, -0.2) is 46.3 Å². The van der Waals surface area contributed by atoms with Gasteiger partial charge < -0.3 is 10.6 Å². The van der Waals surface area contributed by atoms with Gasteiger partial charge in [0.25, 0.3) is 0 Å². The Kier molecular flexibility index (Phi) is 8.82. The topological polar surface area (TPSA) is 87.3 Å². The maximum atomic E-state index is 12.0. The van der Waals surface area contributed by atoms with E-state index in [1.165, 1.54) is 6.26 Å². The van der Waals surface area contributed by atoms with Gasteiger partial charge in [-0.1, -0.05) is 6.42 Å². The lowest BCUT2D eigenvalue weighted by molar-refractivity contribution is -0.121. The van der Waals surface area contributed by atoms with E-state index in [-0.39, 0.29) is 30.3 Å². The van der Waals surface area contributed by atoms with E-state index >= 15 is 0 Å². The highest BCUT2D eigenvalue weighted by Gasteiger charge is 2.29. The Morgan fingerprint density at radius 2 is 1.87 bits per heavy atom. The van der Waals surface area contributed by atoms with Crippen molar-refractivity contribution in [1.29, 1.82) is 0 Å². The molecule has 0 bridgehead atoms. The van der Waals surface area contributed by atoms with Gasteiger partial charge in [0.05, 0.1) is 6.26 Å². The van der Waals surface area contributed by atoms with Gasteiger partial charge in [-0.15, -0.1) is 12.4 Å². The number of hydrogen-bond acceptors (Lipinski definition) is 4. The molecule has 3 N–H and O–H groups in total. The summed E-state index contributed by atoms with van der Waals surface area (Å²) in [6, 6.07) is -0.0280. The van der Waals surface area contributed by atoms with E-state index in [1.807, 2.05) is 0 Å². The van der Waals surface area contributed by atoms with E-state index in [1.54, 1.807) is 0 Å². The average molecular weight is 368 g/mol. The van der Waals surface area contributed by atoms with Crippen molar-refractivity contribution in [3.05, 3.63) is 0 Å². The lowest BCUT2D eigenvalue weighted by Crippen LogP contribution is -2.41. The maximum Gasteiger partial charge on any atom is 0.220 e. The minimum absolute atomic E-state index is 0. The quantitative estimate of drug-likeness (QED) is 0.627. The first-order valence-electron chi connectivity index (χ1n) is 8.39. The Labute approximate surface area is 146 Å². The van der Waals surface area contributed by atoms with Gasteiger partial charge in [-0.05, 0) is 57.0 Å². The Balaban J connectivity index is 0.00000264. The predicted molar refractivity (Wildman–Crippen MR) is 94.2 cm³/mol. The summed E-state index contributed by atoms with van der Waals surface area (Å²) >= 11 is 0. The van der Waals surface area contributed by atoms with Crippen LogP contribution in [0.15, 0.2) is 0 Å². The van der Waals surface area contributed by atoms with Crippen molar-refractivity contribution in [1.82, 2.24) is 15.4 Å². The molecule has 0 aromatic heterocycles. The van der Waals surface area contributed by atoms with Gasteiger partial charge in [0.1, 0.15) is 0 Å². The van der Waals surface area contributed by atoms with Crippen LogP contribution in [0.25, 0.3) is 0 Å². The normalized spacial score (nSPS) is 25.8. The summed E-state index contributed by atoms with van der Waals surface area (Å²) in [7, 11) is -3.17. The summed E-state index contributed by atoms with van der Waals surface area (Å²) in [4.78, 5) is 12.0. The largest absolute Gasteiger partial charge is 0.356 e. The number of piperidine rings is 1. The number of nitrogens with one attached hydrogen (secondary N) is 3. The number of sulfonamides is 1. The van der Waals surface area contributed by atoms with Gasteiger partial charge in [-0.2, -0.15) is 0 Å². The van der Waals surface area contributed by atoms with Crippen LogP contribution in [0, 0.1) is 11.8 Å². The van der Waals surface area contributed by atoms with E-state index in [0.29, 0.717) is 18.9 Å². The molecule has 2 aliphatic rings. The minimum Gasteiger partial charge on any atom is -0.356 e. The van der Waals surface area contributed by atoms with Crippen LogP contribution in [0.2, 0.25) is 0 Å². The number of halogens is 1. The van der Waals surface area contributed by atoms with Gasteiger partial charge in [0.2, 0.25) is 15.9 Å². The molecule has 1 saturated carbocycles. The SMILES string of the molecule is CS(=O)(=O)NC1CCCC1CNC(=O)CCC1CCNCC1.Cl. The van der Waals surface area contributed by atoms with Gasteiger partial charge in [0, 0.05) is 19.0 Å². The summed E-state index contributed by atoms with van der Waals surface area (Å²) in [6.07, 6.45) is 7.92. The first kappa shape index (κ1) is 20.7. The lowest BCUT2D eigenvalue weighted by Gasteiger charge is -2.23. The zero-order valence-electron chi connectivity index (χ0n) is 13.8. The molecule has 0 aromatic rings. The van der Waals surface area contributed by atoms with Gasteiger partial charge >= 0.3 is 0 Å². The van der Waals surface area contributed by atoms with Crippen LogP contribution in [0.4, 0.5) is 0 Å². The lowest BCUT2D eigenvalue weighted by atomic mass is 9.93. The standard InChI is InChI=1S/C15H29N3O3S.ClH/c1-22(20,21)18-14-4-2-3-13(14)11-17-15(19)6-5-12-7-9-16-10-8-12;/h12-14,16,18H,2-11H2,1H3,(H,17,19);1H. The molecule has 1 heterocycles. The second-order valence-electron chi connectivity index (χ2n) is 6.72. The summed E-state index contributed by atoms with van der Waals surface area (Å²) < 4.78 is 25.4. The predicted octanol–water partition coefficient (Wildman–Crippen LogP) is 1.02. The Morgan fingerprint density at radius 1 is 1.17 bits per heavy atom. The fourth-order valence-corrected chi connectivity index (χ4v) is 4.41. The van der Waals surface area contributed by atoms with Crippen LogP contribution in [-0.2, 0) is 14.8 Å². The van der Waals surface area contributed by atoms with Crippen molar-refractivity contribution in [2.24, 2.45) is 11.8 Å². The van der Waals surface area contributed by atoms with Gasteiger partial charge in [-0.25, -0.2) is 13.1 Å². The van der Waals surface area contributed by atoms with E-state index in [4.69, 9.17) is 0 Å². The molecule has 6 nitrogen and oxygen atoms in total. The highest BCUT2D eigenvalue weighted by molar-refractivity contribution is 7.88. The fourth-order valence-electron chi connectivity index (χ4n) is 3.55. The third kappa shape index (κ3) is 7.83. The van der Waals surface area contributed by atoms with Crippen molar-refractivity contribution in [2.75, 3.05) is 25.9 Å². The molecule has 1 aliphatic carbocycles. The fraction of sp³-hybridized carbons (Fsp3) is 0.933. The number of carbonyl (C=O) groups excluding carboxylic acids is 1. The van der Waals surface area contributed by atoms with Crippen molar-refractivity contribution in [3.8, 4) is 0 Å². The molecule has 23 heavy (non-hydrogen) atoms. The summed E-state index contributed by atoms with van der Waals surface area (Å²) in [6.45, 7) is 2.71. The molecule has 0 radical (unpaired) electrons. The monoisotopic (exact) mass is 367 g/mol. The third-order valence-corrected chi connectivity index (χ3v) is 5.56. The molecule has 0 spiro atoms. The molecular weight excluding hydrogens is 338 g/mol. The Hall–Kier alpha value is -0.370. The number of carbonyl (C=O) groups is 1. The molecule has 2 fully saturated rings. The van der Waals surface area contributed by atoms with E-state index in [9.17, 15) is 13.2 Å². The summed E-state index contributed by atoms with van der Waals surface area (Å²) in [5.41, 5.74) is 0. The van der Waals surface area contributed by atoms with Gasteiger partial charge in [-0.3, -0.25) is 4.79 Å². The van der Waals surface area contributed by atoms with Crippen molar-refractivity contribution >= 4 is 28.3 Å². The number of rotatable bonds is 7. The average Bonchev–Trinajstić information content (AvgIpc) is 2.89. The van der Waals surface area contributed by atoms with E-state index in [2.05, 4.69) is 15.4 Å². The van der Waals surface area contributed by atoms with Crippen LogP contribution < -0.4 is 15.4 Å². The van der Waals surface area contributed by atoms with Crippen LogP contribution in [0.5, 0.6) is 0 Å². The zero-order valence-corrected chi connectivity index (χ0v) is 15.5. The van der Waals surface area contributed by atoms with E-state index in [0.717, 1.165) is 51.6 Å². The number of amides is 1. The first-order chi connectivity index (χ1) is 10.4. The zero-order chi connectivity index (χ0) is 16.0. The molecule has 136 valence electrons. The van der Waals surface area contributed by atoms with E-state index < -0.39 is 10.0 Å². The van der Waals surface area contributed by atoms with Gasteiger partial charge in [0.15, 0.2) is 0 Å². The van der Waals surface area contributed by atoms with Crippen LogP contribution in [0.1, 0.15) is 44.9 Å². The number of hydrogen-bond donors (Lipinski definition) is 3. The van der Waals surface area contributed by atoms with Crippen molar-refractivity contribution in [3.63, 3.8) is 0 Å². The van der Waals surface area contributed by atoms with Crippen molar-refractivity contribution < 1.29 is 13.2 Å². The summed E-state index contributed by atoms with van der Waals surface area (Å²) in [5, 5.41) is 6.32. The molecule has 1 aliphatic heterocycles. The molecule has 8 heteroatoms. The third-order valence-electron chi connectivity index (χ3n) is 4.82. The maximum absolute atomic E-state index is 12.0. The smallest absolute Gasteiger partial charge is 0.220 e. The molecule has 1 saturated heterocycles. The highest BCUT2D eigenvalue weighted by atomic mass is 35.5.